The van der Waals surface area contributed by atoms with Gasteiger partial charge in [0, 0.05) is 17.8 Å². The molecule has 112 valence electrons. The van der Waals surface area contributed by atoms with Crippen LogP contribution in [0, 0.1) is 13.8 Å². The molecule has 3 aromatic rings. The van der Waals surface area contributed by atoms with Crippen LogP contribution in [0.3, 0.4) is 0 Å². The Morgan fingerprint density at radius 3 is 2.64 bits per heavy atom. The van der Waals surface area contributed by atoms with Crippen molar-refractivity contribution < 1.29 is 4.74 Å². The van der Waals surface area contributed by atoms with Crippen molar-refractivity contribution in [1.82, 2.24) is 20.0 Å². The molecule has 0 saturated heterocycles. The molecule has 22 heavy (non-hydrogen) atoms. The van der Waals surface area contributed by atoms with Gasteiger partial charge in [-0.2, -0.15) is 4.68 Å². The quantitative estimate of drug-likeness (QED) is 0.800. The van der Waals surface area contributed by atoms with Crippen molar-refractivity contribution >= 4 is 0 Å². The van der Waals surface area contributed by atoms with Crippen LogP contribution in [0.2, 0.25) is 0 Å². The third kappa shape index (κ3) is 3.06. The second kappa shape index (κ2) is 5.85. The van der Waals surface area contributed by atoms with Crippen LogP contribution in [0.15, 0.2) is 47.3 Å². The van der Waals surface area contributed by atoms with Gasteiger partial charge in [-0.3, -0.25) is 9.89 Å². The number of rotatable bonds is 4. The van der Waals surface area contributed by atoms with E-state index in [-0.39, 0.29) is 5.56 Å². The highest BCUT2D eigenvalue weighted by atomic mass is 16.5. The number of aromatic nitrogens is 4. The molecule has 0 amide bonds. The lowest BCUT2D eigenvalue weighted by Crippen LogP contribution is -2.15. The van der Waals surface area contributed by atoms with E-state index in [1.54, 1.807) is 12.1 Å². The van der Waals surface area contributed by atoms with Gasteiger partial charge in [0.2, 0.25) is 5.88 Å². The van der Waals surface area contributed by atoms with Crippen molar-refractivity contribution in [1.29, 1.82) is 0 Å². The molecule has 0 spiro atoms. The van der Waals surface area contributed by atoms with Crippen LogP contribution in [0.5, 0.6) is 5.88 Å². The van der Waals surface area contributed by atoms with Gasteiger partial charge in [-0.15, -0.1) is 10.2 Å². The Hall–Kier alpha value is -2.89. The Morgan fingerprint density at radius 2 is 2.00 bits per heavy atom. The van der Waals surface area contributed by atoms with Crippen LogP contribution in [0.1, 0.15) is 16.8 Å². The van der Waals surface area contributed by atoms with Crippen LogP contribution < -0.4 is 10.3 Å². The maximum atomic E-state index is 11.7. The Labute approximate surface area is 127 Å². The predicted octanol–water partition coefficient (Wildman–Crippen LogP) is 2.15. The van der Waals surface area contributed by atoms with Gasteiger partial charge in [0.05, 0.1) is 0 Å². The van der Waals surface area contributed by atoms with Crippen molar-refractivity contribution in [3.63, 3.8) is 0 Å². The molecule has 0 aliphatic rings. The predicted molar refractivity (Wildman–Crippen MR) is 82.2 cm³/mol. The summed E-state index contributed by atoms with van der Waals surface area (Å²) in [6.07, 6.45) is 0. The fourth-order valence-electron chi connectivity index (χ4n) is 2.15. The van der Waals surface area contributed by atoms with Crippen LogP contribution in [0.4, 0.5) is 0 Å². The van der Waals surface area contributed by atoms with Gasteiger partial charge >= 0.3 is 0 Å². The monoisotopic (exact) mass is 296 g/mol. The number of benzene rings is 1. The van der Waals surface area contributed by atoms with Gasteiger partial charge in [-0.05, 0) is 25.5 Å². The van der Waals surface area contributed by atoms with E-state index in [9.17, 15) is 4.79 Å². The minimum Gasteiger partial charge on any atom is -0.472 e. The molecule has 0 bridgehead atoms. The number of hydrogen-bond acceptors (Lipinski definition) is 4. The summed E-state index contributed by atoms with van der Waals surface area (Å²) in [4.78, 5) is 11.7. The van der Waals surface area contributed by atoms with E-state index in [0.717, 1.165) is 11.3 Å². The second-order valence-electron chi connectivity index (χ2n) is 5.12. The summed E-state index contributed by atoms with van der Waals surface area (Å²) in [5, 5.41) is 10.9. The topological polar surface area (TPSA) is 72.8 Å². The normalized spacial score (nSPS) is 10.6. The van der Waals surface area contributed by atoms with Crippen molar-refractivity contribution in [3.05, 3.63) is 69.6 Å². The lowest BCUT2D eigenvalue weighted by molar-refractivity contribution is 0.290. The van der Waals surface area contributed by atoms with E-state index >= 15 is 0 Å². The first-order valence-electron chi connectivity index (χ1n) is 6.93. The van der Waals surface area contributed by atoms with Crippen molar-refractivity contribution in [3.8, 4) is 11.7 Å². The number of hydrogen-bond donors (Lipinski definition) is 1. The zero-order chi connectivity index (χ0) is 15.5. The molecular formula is C16H16N4O2. The number of nitrogens with one attached hydrogen (secondary N) is 1. The summed E-state index contributed by atoms with van der Waals surface area (Å²) in [6.45, 7) is 4.27. The molecule has 0 fully saturated rings. The SMILES string of the molecule is Cc1cccc(COc2ccc(-n3[nH]c(C)cc3=O)nn2)c1. The number of ether oxygens (including phenoxy) is 1. The highest BCUT2D eigenvalue weighted by Crippen LogP contribution is 2.11. The summed E-state index contributed by atoms with van der Waals surface area (Å²) in [5.41, 5.74) is 2.86. The summed E-state index contributed by atoms with van der Waals surface area (Å²) in [6, 6.07) is 13.0. The molecule has 0 aliphatic carbocycles. The van der Waals surface area contributed by atoms with Gasteiger partial charge in [0.15, 0.2) is 5.82 Å². The number of nitrogens with zero attached hydrogens (tertiary/aromatic N) is 3. The van der Waals surface area contributed by atoms with E-state index in [2.05, 4.69) is 21.4 Å². The molecule has 0 saturated carbocycles. The van der Waals surface area contributed by atoms with Gasteiger partial charge in [-0.25, -0.2) is 0 Å². The Bertz CT molecular complexity index is 834. The van der Waals surface area contributed by atoms with Crippen molar-refractivity contribution in [2.75, 3.05) is 0 Å². The molecule has 1 aromatic carbocycles. The van der Waals surface area contributed by atoms with Gasteiger partial charge in [0.25, 0.3) is 5.56 Å². The molecule has 0 radical (unpaired) electrons. The van der Waals surface area contributed by atoms with Gasteiger partial charge in [0.1, 0.15) is 6.61 Å². The van der Waals surface area contributed by atoms with Crippen LogP contribution in [-0.2, 0) is 6.61 Å². The number of H-pyrrole nitrogens is 1. The van der Waals surface area contributed by atoms with Crippen LogP contribution >= 0.6 is 0 Å². The van der Waals surface area contributed by atoms with Crippen LogP contribution in [-0.4, -0.2) is 20.0 Å². The minimum absolute atomic E-state index is 0.166. The van der Waals surface area contributed by atoms with E-state index < -0.39 is 0 Å². The van der Waals surface area contributed by atoms with E-state index in [0.29, 0.717) is 18.3 Å². The molecule has 6 heteroatoms. The average molecular weight is 296 g/mol. The molecule has 0 atom stereocenters. The first-order valence-corrected chi connectivity index (χ1v) is 6.93. The zero-order valence-corrected chi connectivity index (χ0v) is 12.4. The second-order valence-corrected chi connectivity index (χ2v) is 5.12. The summed E-state index contributed by atoms with van der Waals surface area (Å²) < 4.78 is 6.94. The maximum Gasteiger partial charge on any atom is 0.272 e. The highest BCUT2D eigenvalue weighted by molar-refractivity contribution is 5.25. The molecule has 0 aliphatic heterocycles. The number of aromatic amines is 1. The van der Waals surface area contributed by atoms with E-state index in [1.165, 1.54) is 16.3 Å². The molecule has 2 aromatic heterocycles. The lowest BCUT2D eigenvalue weighted by atomic mass is 10.1. The fraction of sp³-hybridized carbons (Fsp3) is 0.188. The fourth-order valence-corrected chi connectivity index (χ4v) is 2.15. The minimum atomic E-state index is -0.166. The van der Waals surface area contributed by atoms with Gasteiger partial charge < -0.3 is 4.74 Å². The largest absolute Gasteiger partial charge is 0.472 e. The Kier molecular flexibility index (Phi) is 3.74. The summed E-state index contributed by atoms with van der Waals surface area (Å²) in [5.74, 6) is 0.850. The molecule has 6 nitrogen and oxygen atoms in total. The van der Waals surface area contributed by atoms with Gasteiger partial charge in [-0.1, -0.05) is 29.8 Å². The highest BCUT2D eigenvalue weighted by Gasteiger charge is 2.05. The zero-order valence-electron chi connectivity index (χ0n) is 12.4. The molecule has 3 rings (SSSR count). The Balaban J connectivity index is 1.72. The summed E-state index contributed by atoms with van der Waals surface area (Å²) >= 11 is 0. The first kappa shape index (κ1) is 14.1. The smallest absolute Gasteiger partial charge is 0.272 e. The molecule has 1 N–H and O–H groups in total. The third-order valence-corrected chi connectivity index (χ3v) is 3.17. The third-order valence-electron chi connectivity index (χ3n) is 3.17. The lowest BCUT2D eigenvalue weighted by Gasteiger charge is -2.06. The molecule has 0 unspecified atom stereocenters. The molecular weight excluding hydrogens is 280 g/mol. The molecule has 2 heterocycles. The van der Waals surface area contributed by atoms with Crippen molar-refractivity contribution in [2.24, 2.45) is 0 Å². The van der Waals surface area contributed by atoms with E-state index in [1.807, 2.05) is 32.0 Å². The maximum absolute atomic E-state index is 11.7. The van der Waals surface area contributed by atoms with Crippen molar-refractivity contribution in [2.45, 2.75) is 20.5 Å². The average Bonchev–Trinajstić information content (AvgIpc) is 2.84. The Morgan fingerprint density at radius 1 is 1.14 bits per heavy atom. The van der Waals surface area contributed by atoms with E-state index in [4.69, 9.17) is 4.74 Å². The first-order chi connectivity index (χ1) is 10.6. The number of aryl methyl sites for hydroxylation is 2. The van der Waals surface area contributed by atoms with Crippen LogP contribution in [0.25, 0.3) is 5.82 Å². The summed E-state index contributed by atoms with van der Waals surface area (Å²) in [7, 11) is 0. The standard InChI is InChI=1S/C16H16N4O2/c1-11-4-3-5-13(8-11)10-22-15-7-6-14(17-18-15)20-16(21)9-12(2)19-20/h3-9,19H,10H2,1-2H3.